The number of rotatable bonds is 1. The van der Waals surface area contributed by atoms with Crippen molar-refractivity contribution in [2.24, 2.45) is 5.92 Å². The van der Waals surface area contributed by atoms with Gasteiger partial charge in [0, 0.05) is 23.8 Å². The molecule has 2 aliphatic heterocycles. The van der Waals surface area contributed by atoms with Crippen LogP contribution in [0.4, 0.5) is 10.1 Å². The molecule has 114 valence electrons. The number of anilines is 1. The lowest BCUT2D eigenvalue weighted by Crippen LogP contribution is -2.36. The maximum absolute atomic E-state index is 13.6. The van der Waals surface area contributed by atoms with Gasteiger partial charge < -0.3 is 10.1 Å². The fraction of sp³-hybridized carbons (Fsp3) is 0.368. The molecule has 0 bridgehead atoms. The Labute approximate surface area is 130 Å². The molecule has 22 heavy (non-hydrogen) atoms. The lowest BCUT2D eigenvalue weighted by atomic mass is 9.77. The molecule has 2 aromatic rings. The Bertz CT molecular complexity index is 700. The highest BCUT2D eigenvalue weighted by molar-refractivity contribution is 5.57. The van der Waals surface area contributed by atoms with Gasteiger partial charge in [0.05, 0.1) is 12.1 Å². The Hall–Kier alpha value is -1.87. The van der Waals surface area contributed by atoms with Crippen molar-refractivity contribution in [3.8, 4) is 0 Å². The van der Waals surface area contributed by atoms with Crippen molar-refractivity contribution in [2.75, 3.05) is 11.9 Å². The van der Waals surface area contributed by atoms with E-state index in [0.717, 1.165) is 30.7 Å². The highest BCUT2D eigenvalue weighted by atomic mass is 19.1. The molecule has 1 N–H and O–H groups in total. The minimum Gasteiger partial charge on any atom is -0.378 e. The third-order valence-corrected chi connectivity index (χ3v) is 4.83. The van der Waals surface area contributed by atoms with Crippen LogP contribution in [0.15, 0.2) is 42.5 Å². The molecule has 3 atom stereocenters. The summed E-state index contributed by atoms with van der Waals surface area (Å²) in [7, 11) is 0. The maximum atomic E-state index is 13.6. The molecule has 0 saturated carbocycles. The standard InChI is InChI=1S/C19H20FNO/c1-12-4-2-5-13(10-12)18-15-6-3-9-22-19(15)16-11-14(20)7-8-17(16)21-18/h2,4-5,7-8,10-11,15,18-19,21H,3,6,9H2,1H3. The van der Waals surface area contributed by atoms with Crippen LogP contribution in [0.1, 0.15) is 41.7 Å². The summed E-state index contributed by atoms with van der Waals surface area (Å²) in [5, 5.41) is 3.62. The van der Waals surface area contributed by atoms with Crippen LogP contribution in [0.25, 0.3) is 0 Å². The average Bonchev–Trinajstić information content (AvgIpc) is 2.54. The molecule has 2 aromatic carbocycles. The molecule has 0 aromatic heterocycles. The molecule has 2 nitrogen and oxygen atoms in total. The SMILES string of the molecule is Cc1cccc(C2Nc3ccc(F)cc3C3OCCCC23)c1. The molecule has 0 radical (unpaired) electrons. The van der Waals surface area contributed by atoms with Crippen LogP contribution in [-0.2, 0) is 4.74 Å². The van der Waals surface area contributed by atoms with Crippen molar-refractivity contribution in [3.63, 3.8) is 0 Å². The van der Waals surface area contributed by atoms with Crippen LogP contribution in [0.3, 0.4) is 0 Å². The van der Waals surface area contributed by atoms with Gasteiger partial charge in [0.2, 0.25) is 0 Å². The fourth-order valence-electron chi connectivity index (χ4n) is 3.84. The van der Waals surface area contributed by atoms with Crippen LogP contribution in [0, 0.1) is 18.7 Å². The minimum atomic E-state index is -0.192. The van der Waals surface area contributed by atoms with E-state index in [0.29, 0.717) is 5.92 Å². The van der Waals surface area contributed by atoms with Gasteiger partial charge in [0.25, 0.3) is 0 Å². The first-order valence-corrected chi connectivity index (χ1v) is 7.96. The fourth-order valence-corrected chi connectivity index (χ4v) is 3.84. The summed E-state index contributed by atoms with van der Waals surface area (Å²) >= 11 is 0. The second-order valence-electron chi connectivity index (χ2n) is 6.37. The van der Waals surface area contributed by atoms with E-state index in [1.165, 1.54) is 17.2 Å². The smallest absolute Gasteiger partial charge is 0.123 e. The summed E-state index contributed by atoms with van der Waals surface area (Å²) < 4.78 is 19.7. The third-order valence-electron chi connectivity index (χ3n) is 4.83. The highest BCUT2D eigenvalue weighted by Crippen LogP contribution is 2.49. The Morgan fingerprint density at radius 2 is 2.09 bits per heavy atom. The minimum absolute atomic E-state index is 0.00814. The van der Waals surface area contributed by atoms with Gasteiger partial charge in [-0.1, -0.05) is 29.8 Å². The van der Waals surface area contributed by atoms with E-state index >= 15 is 0 Å². The van der Waals surface area contributed by atoms with Crippen molar-refractivity contribution in [1.29, 1.82) is 0 Å². The zero-order valence-corrected chi connectivity index (χ0v) is 12.7. The molecular weight excluding hydrogens is 277 g/mol. The molecule has 4 rings (SSSR count). The van der Waals surface area contributed by atoms with E-state index in [9.17, 15) is 4.39 Å². The maximum Gasteiger partial charge on any atom is 0.123 e. The number of ether oxygens (including phenoxy) is 1. The summed E-state index contributed by atoms with van der Waals surface area (Å²) in [5.74, 6) is 0.160. The zero-order valence-electron chi connectivity index (χ0n) is 12.7. The van der Waals surface area contributed by atoms with Crippen LogP contribution in [0.5, 0.6) is 0 Å². The quantitative estimate of drug-likeness (QED) is 0.818. The second kappa shape index (κ2) is 5.40. The summed E-state index contributed by atoms with van der Waals surface area (Å²) in [5.41, 5.74) is 4.51. The molecular formula is C19H20FNO. The molecule has 1 fully saturated rings. The Kier molecular flexibility index (Phi) is 3.38. The molecule has 1 saturated heterocycles. The summed E-state index contributed by atoms with van der Waals surface area (Å²) in [6.07, 6.45) is 2.16. The van der Waals surface area contributed by atoms with E-state index in [2.05, 4.69) is 36.5 Å². The van der Waals surface area contributed by atoms with Gasteiger partial charge in [-0.05, 0) is 43.5 Å². The predicted molar refractivity (Wildman–Crippen MR) is 85.4 cm³/mol. The number of hydrogen-bond acceptors (Lipinski definition) is 2. The van der Waals surface area contributed by atoms with Crippen LogP contribution >= 0.6 is 0 Å². The third kappa shape index (κ3) is 2.30. The van der Waals surface area contributed by atoms with Crippen molar-refractivity contribution in [3.05, 3.63) is 65.0 Å². The largest absolute Gasteiger partial charge is 0.378 e. The molecule has 0 spiro atoms. The summed E-state index contributed by atoms with van der Waals surface area (Å²) in [6.45, 7) is 2.88. The first-order chi connectivity index (χ1) is 10.7. The van der Waals surface area contributed by atoms with Crippen LogP contribution in [0.2, 0.25) is 0 Å². The Morgan fingerprint density at radius 1 is 1.18 bits per heavy atom. The second-order valence-corrected chi connectivity index (χ2v) is 6.37. The molecule has 3 heteroatoms. The molecule has 0 amide bonds. The van der Waals surface area contributed by atoms with Gasteiger partial charge in [-0.15, -0.1) is 0 Å². The monoisotopic (exact) mass is 297 g/mol. The number of nitrogens with one attached hydrogen (secondary N) is 1. The number of benzene rings is 2. The molecule has 2 aliphatic rings. The molecule has 0 aliphatic carbocycles. The average molecular weight is 297 g/mol. The van der Waals surface area contributed by atoms with Crippen LogP contribution < -0.4 is 5.32 Å². The first kappa shape index (κ1) is 13.8. The lowest BCUT2D eigenvalue weighted by molar-refractivity contribution is -0.0382. The van der Waals surface area contributed by atoms with Gasteiger partial charge in [-0.25, -0.2) is 4.39 Å². The van der Waals surface area contributed by atoms with E-state index in [4.69, 9.17) is 4.74 Å². The normalized spacial score (nSPS) is 26.7. The van der Waals surface area contributed by atoms with Gasteiger partial charge in [0.15, 0.2) is 0 Å². The highest BCUT2D eigenvalue weighted by Gasteiger charge is 2.39. The lowest BCUT2D eigenvalue weighted by Gasteiger charge is -2.43. The summed E-state index contributed by atoms with van der Waals surface area (Å²) in [4.78, 5) is 0. The number of fused-ring (bicyclic) bond motifs is 3. The Morgan fingerprint density at radius 3 is 2.95 bits per heavy atom. The molecule has 2 heterocycles. The zero-order chi connectivity index (χ0) is 15.1. The van der Waals surface area contributed by atoms with Crippen molar-refractivity contribution < 1.29 is 9.13 Å². The van der Waals surface area contributed by atoms with Gasteiger partial charge in [-0.2, -0.15) is 0 Å². The van der Waals surface area contributed by atoms with Gasteiger partial charge >= 0.3 is 0 Å². The molecule has 3 unspecified atom stereocenters. The van der Waals surface area contributed by atoms with Crippen molar-refractivity contribution in [1.82, 2.24) is 0 Å². The Balaban J connectivity index is 1.79. The predicted octanol–water partition coefficient (Wildman–Crippen LogP) is 4.77. The van der Waals surface area contributed by atoms with Crippen molar-refractivity contribution >= 4 is 5.69 Å². The van der Waals surface area contributed by atoms with E-state index in [1.54, 1.807) is 6.07 Å². The number of hydrogen-bond donors (Lipinski definition) is 1. The van der Waals surface area contributed by atoms with Crippen molar-refractivity contribution in [2.45, 2.75) is 31.9 Å². The van der Waals surface area contributed by atoms with E-state index < -0.39 is 0 Å². The number of aryl methyl sites for hydroxylation is 1. The van der Waals surface area contributed by atoms with Crippen LogP contribution in [-0.4, -0.2) is 6.61 Å². The summed E-state index contributed by atoms with van der Waals surface area (Å²) in [6, 6.07) is 13.8. The van der Waals surface area contributed by atoms with E-state index in [-0.39, 0.29) is 18.0 Å². The van der Waals surface area contributed by atoms with Gasteiger partial charge in [-0.3, -0.25) is 0 Å². The van der Waals surface area contributed by atoms with E-state index in [1.807, 2.05) is 6.07 Å². The van der Waals surface area contributed by atoms with Gasteiger partial charge in [0.1, 0.15) is 5.82 Å². The first-order valence-electron chi connectivity index (χ1n) is 7.96. The number of halogens is 1. The topological polar surface area (TPSA) is 21.3 Å².